The van der Waals surface area contributed by atoms with Crippen LogP contribution >= 0.6 is 23.2 Å². The summed E-state index contributed by atoms with van der Waals surface area (Å²) < 4.78 is 43.2. The summed E-state index contributed by atoms with van der Waals surface area (Å²) >= 11 is 12.0. The van der Waals surface area contributed by atoms with Crippen LogP contribution in [0.1, 0.15) is 36.8 Å². The number of nitrogens with one attached hydrogen (secondary N) is 2. The summed E-state index contributed by atoms with van der Waals surface area (Å²) in [5, 5.41) is 11.7. The Kier molecular flexibility index (Phi) is 9.24. The van der Waals surface area contributed by atoms with E-state index >= 15 is 0 Å². The molecule has 1 unspecified atom stereocenters. The number of benzene rings is 2. The molecule has 2 N–H and O–H groups in total. The van der Waals surface area contributed by atoms with E-state index in [0.29, 0.717) is 36.0 Å². The van der Waals surface area contributed by atoms with Gasteiger partial charge in [-0.05, 0) is 42.5 Å². The van der Waals surface area contributed by atoms with Crippen LogP contribution in [0.25, 0.3) is 0 Å². The number of urea groups is 1. The third kappa shape index (κ3) is 7.13. The Balaban J connectivity index is 1.74. The average molecular weight is 543 g/mol. The highest BCUT2D eigenvalue weighted by atomic mass is 35.5. The molecule has 1 aliphatic heterocycles. The van der Waals surface area contributed by atoms with E-state index in [1.54, 1.807) is 23.1 Å². The SMILES string of the molecule is COC(=NC(=N)CCC1(c2ccccc2)CCCN(C(=O)NCc2ccc(Cl)c(Cl)c2)C1)C(F)(F)F. The molecule has 0 aromatic heterocycles. The summed E-state index contributed by atoms with van der Waals surface area (Å²) in [6.07, 6.45) is -2.99. The second-order valence-electron chi connectivity index (χ2n) is 8.64. The van der Waals surface area contributed by atoms with Gasteiger partial charge in [-0.3, -0.25) is 5.41 Å². The number of halogens is 5. The maximum atomic E-state index is 13.0. The van der Waals surface area contributed by atoms with Crippen LogP contribution < -0.4 is 5.32 Å². The zero-order valence-corrected chi connectivity index (χ0v) is 21.2. The number of methoxy groups -OCH3 is 1. The summed E-state index contributed by atoms with van der Waals surface area (Å²) in [4.78, 5) is 18.1. The van der Waals surface area contributed by atoms with E-state index < -0.39 is 23.3 Å². The molecular formula is C25H27Cl2F3N4O2. The van der Waals surface area contributed by atoms with Gasteiger partial charge in [0, 0.05) is 31.5 Å². The number of amidine groups is 1. The summed E-state index contributed by atoms with van der Waals surface area (Å²) in [5.41, 5.74) is 1.23. The van der Waals surface area contributed by atoms with Crippen molar-refractivity contribution in [1.29, 1.82) is 5.41 Å². The maximum Gasteiger partial charge on any atom is 0.468 e. The minimum atomic E-state index is -4.77. The van der Waals surface area contributed by atoms with Crippen molar-refractivity contribution < 1.29 is 22.7 Å². The molecule has 2 aromatic rings. The third-order valence-corrected chi connectivity index (χ3v) is 6.93. The Labute approximate surface area is 217 Å². The lowest BCUT2D eigenvalue weighted by atomic mass is 9.71. The van der Waals surface area contributed by atoms with Gasteiger partial charge < -0.3 is 15.0 Å². The van der Waals surface area contributed by atoms with Crippen molar-refractivity contribution in [3.05, 3.63) is 69.7 Å². The largest absolute Gasteiger partial charge is 0.478 e. The first kappa shape index (κ1) is 27.8. The van der Waals surface area contributed by atoms with E-state index in [1.807, 2.05) is 30.3 Å². The summed E-state index contributed by atoms with van der Waals surface area (Å²) in [6.45, 7) is 1.16. The molecule has 2 amide bonds. The Hall–Kier alpha value is -2.78. The molecule has 1 saturated heterocycles. The van der Waals surface area contributed by atoms with Crippen molar-refractivity contribution in [3.63, 3.8) is 0 Å². The monoisotopic (exact) mass is 542 g/mol. The summed E-state index contributed by atoms with van der Waals surface area (Å²) in [5.74, 6) is -1.88. The highest BCUT2D eigenvalue weighted by molar-refractivity contribution is 6.42. The van der Waals surface area contributed by atoms with Crippen molar-refractivity contribution in [2.75, 3.05) is 20.2 Å². The highest BCUT2D eigenvalue weighted by Crippen LogP contribution is 2.38. The molecule has 1 aliphatic rings. The summed E-state index contributed by atoms with van der Waals surface area (Å²) in [6, 6.07) is 14.4. The number of piperidine rings is 1. The number of rotatable bonds is 6. The van der Waals surface area contributed by atoms with Gasteiger partial charge in [0.2, 0.25) is 0 Å². The number of ether oxygens (including phenoxy) is 1. The van der Waals surface area contributed by atoms with Gasteiger partial charge in [-0.25, -0.2) is 4.79 Å². The number of hydrogen-bond acceptors (Lipinski definition) is 3. The lowest BCUT2D eigenvalue weighted by Crippen LogP contribution is -2.51. The normalized spacial score (nSPS) is 18.6. The van der Waals surface area contributed by atoms with Gasteiger partial charge in [0.15, 0.2) is 0 Å². The summed E-state index contributed by atoms with van der Waals surface area (Å²) in [7, 11) is 0.876. The van der Waals surface area contributed by atoms with E-state index in [1.165, 1.54) is 0 Å². The third-order valence-electron chi connectivity index (χ3n) is 6.19. The standard InChI is InChI=1S/C25H27Cl2F3N4O2/c1-36-22(25(28,29)30)33-21(31)10-12-24(18-6-3-2-4-7-18)11-5-13-34(16-24)23(35)32-15-17-8-9-19(26)20(27)14-17/h2-4,6-9,14,31H,5,10-13,15-16H2,1H3,(H,32,35). The van der Waals surface area contributed by atoms with Gasteiger partial charge in [0.05, 0.1) is 17.2 Å². The Morgan fingerprint density at radius 2 is 1.92 bits per heavy atom. The number of nitrogens with zero attached hydrogens (tertiary/aromatic N) is 2. The first-order valence-electron chi connectivity index (χ1n) is 11.3. The Bertz CT molecular complexity index is 1110. The molecule has 11 heteroatoms. The number of hydrogen-bond donors (Lipinski definition) is 2. The minimum absolute atomic E-state index is 0.00341. The highest BCUT2D eigenvalue weighted by Gasteiger charge is 2.40. The maximum absolute atomic E-state index is 13.0. The first-order valence-corrected chi connectivity index (χ1v) is 12.1. The van der Waals surface area contributed by atoms with E-state index in [2.05, 4.69) is 15.0 Å². The molecular weight excluding hydrogens is 516 g/mol. The molecule has 3 rings (SSSR count). The van der Waals surface area contributed by atoms with Gasteiger partial charge in [-0.2, -0.15) is 18.2 Å². The second-order valence-corrected chi connectivity index (χ2v) is 9.46. The van der Waals surface area contributed by atoms with Gasteiger partial charge in [0.25, 0.3) is 5.90 Å². The first-order chi connectivity index (χ1) is 17.0. The van der Waals surface area contributed by atoms with Crippen LogP contribution in [0.15, 0.2) is 53.5 Å². The number of carbonyl (C=O) groups is 1. The van der Waals surface area contributed by atoms with Crippen LogP contribution in [-0.4, -0.2) is 49.0 Å². The molecule has 2 aromatic carbocycles. The zero-order chi connectivity index (χ0) is 26.3. The molecule has 36 heavy (non-hydrogen) atoms. The Morgan fingerprint density at radius 3 is 2.56 bits per heavy atom. The molecule has 0 spiro atoms. The fourth-order valence-electron chi connectivity index (χ4n) is 4.38. The predicted molar refractivity (Wildman–Crippen MR) is 135 cm³/mol. The van der Waals surface area contributed by atoms with Gasteiger partial charge >= 0.3 is 12.2 Å². The van der Waals surface area contributed by atoms with Gasteiger partial charge in [-0.1, -0.05) is 59.6 Å². The van der Waals surface area contributed by atoms with Crippen molar-refractivity contribution in [3.8, 4) is 0 Å². The van der Waals surface area contributed by atoms with E-state index in [4.69, 9.17) is 28.6 Å². The number of amides is 2. The van der Waals surface area contributed by atoms with Gasteiger partial charge in [0.1, 0.15) is 5.84 Å². The zero-order valence-electron chi connectivity index (χ0n) is 19.7. The van der Waals surface area contributed by atoms with E-state index in [0.717, 1.165) is 24.7 Å². The molecule has 194 valence electrons. The molecule has 0 aliphatic carbocycles. The molecule has 1 heterocycles. The van der Waals surface area contributed by atoms with Crippen LogP contribution in [0.5, 0.6) is 0 Å². The molecule has 0 bridgehead atoms. The van der Waals surface area contributed by atoms with Crippen molar-refractivity contribution >= 4 is 41.0 Å². The van der Waals surface area contributed by atoms with Crippen LogP contribution in [0.2, 0.25) is 10.0 Å². The fraction of sp³-hybridized carbons (Fsp3) is 0.400. The quantitative estimate of drug-likeness (QED) is 0.318. The molecule has 1 atom stereocenters. The van der Waals surface area contributed by atoms with Crippen LogP contribution in [0, 0.1) is 5.41 Å². The Morgan fingerprint density at radius 1 is 1.19 bits per heavy atom. The van der Waals surface area contributed by atoms with Crippen molar-refractivity contribution in [2.45, 2.75) is 43.8 Å². The average Bonchev–Trinajstić information content (AvgIpc) is 2.86. The smallest absolute Gasteiger partial charge is 0.468 e. The lowest BCUT2D eigenvalue weighted by Gasteiger charge is -2.43. The minimum Gasteiger partial charge on any atom is -0.478 e. The van der Waals surface area contributed by atoms with Gasteiger partial charge in [-0.15, -0.1) is 0 Å². The number of aliphatic imine (C=N–C) groups is 1. The molecule has 0 saturated carbocycles. The van der Waals surface area contributed by atoms with Crippen molar-refractivity contribution in [1.82, 2.24) is 10.2 Å². The molecule has 1 fully saturated rings. The lowest BCUT2D eigenvalue weighted by molar-refractivity contribution is -0.0754. The van der Waals surface area contributed by atoms with Crippen molar-refractivity contribution in [2.24, 2.45) is 4.99 Å². The number of alkyl halides is 3. The second kappa shape index (κ2) is 12.0. The molecule has 0 radical (unpaired) electrons. The number of carbonyl (C=O) groups excluding carboxylic acids is 1. The number of likely N-dealkylation sites (tertiary alicyclic amines) is 1. The molecule has 6 nitrogen and oxygen atoms in total. The van der Waals surface area contributed by atoms with Crippen LogP contribution in [0.3, 0.4) is 0 Å². The fourth-order valence-corrected chi connectivity index (χ4v) is 4.70. The predicted octanol–water partition coefficient (Wildman–Crippen LogP) is 6.60. The van der Waals surface area contributed by atoms with Crippen LogP contribution in [0.4, 0.5) is 18.0 Å². The van der Waals surface area contributed by atoms with E-state index in [-0.39, 0.29) is 19.0 Å². The van der Waals surface area contributed by atoms with E-state index in [9.17, 15) is 18.0 Å². The topological polar surface area (TPSA) is 77.8 Å². The van der Waals surface area contributed by atoms with Crippen LogP contribution in [-0.2, 0) is 16.7 Å².